The third-order valence-electron chi connectivity index (χ3n) is 14.4. The summed E-state index contributed by atoms with van der Waals surface area (Å²) in [7, 11) is 0. The number of benzene rings is 11. The number of furan rings is 2. The molecule has 2 aromatic heterocycles. The fourth-order valence-electron chi connectivity index (χ4n) is 11.4. The molecule has 0 atom stereocenters. The van der Waals surface area contributed by atoms with Gasteiger partial charge in [0.1, 0.15) is 22.3 Å². The fraction of sp³-hybridized carbons (Fsp3) is 0.0154. The number of anilines is 3. The highest BCUT2D eigenvalue weighted by Crippen LogP contribution is 2.58. The maximum absolute atomic E-state index is 7.02. The van der Waals surface area contributed by atoms with Crippen molar-refractivity contribution >= 4 is 71.7 Å². The van der Waals surface area contributed by atoms with Crippen molar-refractivity contribution in [2.75, 3.05) is 4.90 Å². The monoisotopic (exact) mass is 867 g/mol. The number of para-hydroxylation sites is 3. The third-order valence-corrected chi connectivity index (χ3v) is 14.4. The molecular weight excluding hydrogens is 827 g/mol. The number of rotatable bonds is 7. The molecule has 0 saturated heterocycles. The Morgan fingerprint density at radius 2 is 0.912 bits per heavy atom. The topological polar surface area (TPSA) is 29.5 Å². The van der Waals surface area contributed by atoms with Crippen LogP contribution in [0.4, 0.5) is 17.1 Å². The summed E-state index contributed by atoms with van der Waals surface area (Å²) >= 11 is 0. The quantitative estimate of drug-likeness (QED) is 0.160. The highest BCUT2D eigenvalue weighted by Gasteiger charge is 2.46. The molecule has 3 heteroatoms. The van der Waals surface area contributed by atoms with Gasteiger partial charge in [-0.1, -0.05) is 200 Å². The Labute approximate surface area is 393 Å². The van der Waals surface area contributed by atoms with Crippen LogP contribution in [0.25, 0.3) is 88.0 Å². The van der Waals surface area contributed by atoms with Gasteiger partial charge in [-0.25, -0.2) is 0 Å². The van der Waals surface area contributed by atoms with E-state index in [1.807, 2.05) is 12.1 Å². The molecule has 0 unspecified atom stereocenters. The zero-order chi connectivity index (χ0) is 44.8. The Bertz CT molecular complexity index is 4050. The number of nitrogens with zero attached hydrogens (tertiary/aromatic N) is 1. The van der Waals surface area contributed by atoms with Crippen LogP contribution in [0.1, 0.15) is 22.3 Å². The maximum Gasteiger partial charge on any atom is 0.143 e. The van der Waals surface area contributed by atoms with Crippen LogP contribution in [0.2, 0.25) is 0 Å². The molecule has 0 fully saturated rings. The molecule has 3 nitrogen and oxygen atoms in total. The molecule has 0 radical (unpaired) electrons. The van der Waals surface area contributed by atoms with Gasteiger partial charge in [-0.15, -0.1) is 0 Å². The van der Waals surface area contributed by atoms with Gasteiger partial charge < -0.3 is 13.7 Å². The Balaban J connectivity index is 1.02. The van der Waals surface area contributed by atoms with Crippen molar-refractivity contribution in [2.24, 2.45) is 0 Å². The first-order valence-corrected chi connectivity index (χ1v) is 23.3. The second kappa shape index (κ2) is 15.1. The van der Waals surface area contributed by atoms with E-state index < -0.39 is 5.41 Å². The minimum Gasteiger partial charge on any atom is -0.456 e. The fourth-order valence-corrected chi connectivity index (χ4v) is 11.4. The van der Waals surface area contributed by atoms with E-state index in [-0.39, 0.29) is 0 Å². The van der Waals surface area contributed by atoms with E-state index in [2.05, 4.69) is 241 Å². The smallest absolute Gasteiger partial charge is 0.143 e. The lowest BCUT2D eigenvalue weighted by Crippen LogP contribution is -2.28. The number of fused-ring (bicyclic) bond motifs is 11. The molecule has 0 saturated carbocycles. The number of hydrogen-bond donors (Lipinski definition) is 0. The molecule has 0 amide bonds. The maximum atomic E-state index is 7.02. The van der Waals surface area contributed by atoms with E-state index in [0.29, 0.717) is 0 Å². The zero-order valence-corrected chi connectivity index (χ0v) is 36.9. The van der Waals surface area contributed by atoms with Crippen molar-refractivity contribution in [1.29, 1.82) is 0 Å². The summed E-state index contributed by atoms with van der Waals surface area (Å²) in [6.07, 6.45) is 0. The normalized spacial score (nSPS) is 12.8. The lowest BCUT2D eigenvalue weighted by atomic mass is 9.67. The van der Waals surface area contributed by atoms with Gasteiger partial charge in [-0.05, 0) is 98.4 Å². The van der Waals surface area contributed by atoms with Gasteiger partial charge in [-0.3, -0.25) is 0 Å². The Morgan fingerprint density at radius 1 is 0.324 bits per heavy atom. The number of hydrogen-bond acceptors (Lipinski definition) is 3. The van der Waals surface area contributed by atoms with Crippen molar-refractivity contribution in [3.8, 4) is 33.4 Å². The lowest BCUT2D eigenvalue weighted by molar-refractivity contribution is 0.669. The SMILES string of the molecule is c1ccc(C2(c3ccccc3)c3ccccc3-c3ccc(N(c4ccc(-c5cccc6oc7ccccc7c56)cc4)c4ccccc4-c4cccc5c4oc4c6ccccc6ccc54)cc32)cc1. The molecule has 14 rings (SSSR count). The lowest BCUT2D eigenvalue weighted by Gasteiger charge is -2.35. The molecule has 0 aliphatic heterocycles. The third kappa shape index (κ3) is 5.60. The molecule has 68 heavy (non-hydrogen) atoms. The first-order valence-electron chi connectivity index (χ1n) is 23.3. The van der Waals surface area contributed by atoms with Crippen molar-refractivity contribution in [3.05, 3.63) is 271 Å². The average molecular weight is 868 g/mol. The minimum absolute atomic E-state index is 0.561. The van der Waals surface area contributed by atoms with E-state index in [1.165, 1.54) is 33.4 Å². The summed E-state index contributed by atoms with van der Waals surface area (Å²) in [5.41, 5.74) is 18.0. The van der Waals surface area contributed by atoms with Crippen LogP contribution in [0.15, 0.2) is 258 Å². The van der Waals surface area contributed by atoms with Crippen LogP contribution in [-0.4, -0.2) is 0 Å². The molecule has 1 aliphatic carbocycles. The summed E-state index contributed by atoms with van der Waals surface area (Å²) in [4.78, 5) is 2.44. The first-order chi connectivity index (χ1) is 33.7. The van der Waals surface area contributed by atoms with Crippen LogP contribution in [0.5, 0.6) is 0 Å². The van der Waals surface area contributed by atoms with E-state index >= 15 is 0 Å². The van der Waals surface area contributed by atoms with Crippen molar-refractivity contribution in [2.45, 2.75) is 5.41 Å². The van der Waals surface area contributed by atoms with Gasteiger partial charge in [0.15, 0.2) is 0 Å². The van der Waals surface area contributed by atoms with Crippen molar-refractivity contribution in [1.82, 2.24) is 0 Å². The molecule has 2 heterocycles. The molecule has 318 valence electrons. The van der Waals surface area contributed by atoms with Gasteiger partial charge in [0, 0.05) is 49.4 Å². The predicted molar refractivity (Wildman–Crippen MR) is 281 cm³/mol. The van der Waals surface area contributed by atoms with Crippen molar-refractivity contribution < 1.29 is 8.83 Å². The minimum atomic E-state index is -0.561. The van der Waals surface area contributed by atoms with Gasteiger partial charge >= 0.3 is 0 Å². The molecular formula is C65H41NO2. The summed E-state index contributed by atoms with van der Waals surface area (Å²) in [5.74, 6) is 0. The molecule has 1 aliphatic rings. The van der Waals surface area contributed by atoms with E-state index in [9.17, 15) is 0 Å². The molecule has 0 bridgehead atoms. The summed E-state index contributed by atoms with van der Waals surface area (Å²) in [6.45, 7) is 0. The van der Waals surface area contributed by atoms with Crippen molar-refractivity contribution in [3.63, 3.8) is 0 Å². The van der Waals surface area contributed by atoms with Gasteiger partial charge in [0.05, 0.1) is 11.1 Å². The van der Waals surface area contributed by atoms with Gasteiger partial charge in [0.25, 0.3) is 0 Å². The average Bonchev–Trinajstić information content (AvgIpc) is 4.09. The van der Waals surface area contributed by atoms with Gasteiger partial charge in [0.2, 0.25) is 0 Å². The van der Waals surface area contributed by atoms with E-state index in [0.717, 1.165) is 94.0 Å². The second-order valence-corrected chi connectivity index (χ2v) is 17.9. The van der Waals surface area contributed by atoms with E-state index in [1.54, 1.807) is 0 Å². The molecule has 13 aromatic rings. The van der Waals surface area contributed by atoms with Crippen LogP contribution in [-0.2, 0) is 5.41 Å². The van der Waals surface area contributed by atoms with Crippen LogP contribution >= 0.6 is 0 Å². The predicted octanol–water partition coefficient (Wildman–Crippen LogP) is 17.8. The summed E-state index contributed by atoms with van der Waals surface area (Å²) in [5, 5.41) is 6.73. The molecule has 0 spiro atoms. The Hall–Kier alpha value is -8.92. The molecule has 11 aromatic carbocycles. The highest BCUT2D eigenvalue weighted by atomic mass is 16.3. The molecule has 0 N–H and O–H groups in total. The van der Waals surface area contributed by atoms with Crippen LogP contribution < -0.4 is 4.90 Å². The summed E-state index contributed by atoms with van der Waals surface area (Å²) in [6, 6.07) is 90.1. The van der Waals surface area contributed by atoms with Crippen LogP contribution in [0, 0.1) is 0 Å². The van der Waals surface area contributed by atoms with E-state index in [4.69, 9.17) is 8.83 Å². The van der Waals surface area contributed by atoms with Gasteiger partial charge in [-0.2, -0.15) is 0 Å². The Kier molecular flexibility index (Phi) is 8.50. The second-order valence-electron chi connectivity index (χ2n) is 17.9. The zero-order valence-electron chi connectivity index (χ0n) is 36.9. The largest absolute Gasteiger partial charge is 0.456 e. The summed E-state index contributed by atoms with van der Waals surface area (Å²) < 4.78 is 13.4. The highest BCUT2D eigenvalue weighted by molar-refractivity contribution is 6.18. The Morgan fingerprint density at radius 3 is 1.74 bits per heavy atom. The van der Waals surface area contributed by atoms with Crippen LogP contribution in [0.3, 0.4) is 0 Å². The first kappa shape index (κ1) is 38.4. The standard InChI is InChI=1S/C65H41NO2/c1-3-18-44(19-4-1)65(45-20-5-2-6-21-45)57-29-12-9-23-50(57)51-40-38-47(41-58(51)65)66(46-36-33-43(34-37-46)48-26-16-32-61-62(48)56-25-11-14-31-60(56)67-61)59-30-13-10-24-52(59)53-27-15-28-54-55-39-35-42-17-7-8-22-49(42)63(55)68-64(53)54/h1-41H.